The summed E-state index contributed by atoms with van der Waals surface area (Å²) in [4.78, 5) is 23.5. The normalized spacial score (nSPS) is 10.3. The third-order valence-corrected chi connectivity index (χ3v) is 3.27. The predicted octanol–water partition coefficient (Wildman–Crippen LogP) is 3.36. The van der Waals surface area contributed by atoms with Crippen molar-refractivity contribution in [3.8, 4) is 5.75 Å². The summed E-state index contributed by atoms with van der Waals surface area (Å²) < 4.78 is 32.2. The first-order chi connectivity index (χ1) is 10.9. The topological polar surface area (TPSA) is 55.4 Å². The average molecular weight is 319 g/mol. The highest BCUT2D eigenvalue weighted by Gasteiger charge is 2.15. The van der Waals surface area contributed by atoms with Gasteiger partial charge >= 0.3 is 0 Å². The number of hydrogen-bond acceptors (Lipinski definition) is 3. The fraction of sp³-hybridized carbons (Fsp3) is 0.176. The highest BCUT2D eigenvalue weighted by Crippen LogP contribution is 2.23. The molecule has 4 nitrogen and oxygen atoms in total. The van der Waals surface area contributed by atoms with E-state index in [-0.39, 0.29) is 12.2 Å². The Bertz CT molecular complexity index is 739. The number of ether oxygens (including phenoxy) is 1. The van der Waals surface area contributed by atoms with Gasteiger partial charge in [-0.25, -0.2) is 8.78 Å². The Balaban J connectivity index is 2.23. The van der Waals surface area contributed by atoms with Crippen molar-refractivity contribution in [1.29, 1.82) is 0 Å². The minimum absolute atomic E-state index is 0.158. The van der Waals surface area contributed by atoms with E-state index in [0.717, 1.165) is 12.1 Å². The van der Waals surface area contributed by atoms with E-state index in [2.05, 4.69) is 5.32 Å². The van der Waals surface area contributed by atoms with Gasteiger partial charge in [-0.05, 0) is 37.3 Å². The Morgan fingerprint density at radius 1 is 1.13 bits per heavy atom. The van der Waals surface area contributed by atoms with Crippen LogP contribution < -0.4 is 10.1 Å². The molecule has 1 N–H and O–H groups in total. The molecule has 2 aromatic rings. The molecule has 0 saturated carbocycles. The number of Topliss-reactive ketones (excluding diaryl/α,β-unsaturated/α-hetero) is 1. The second-order valence-corrected chi connectivity index (χ2v) is 4.90. The third-order valence-electron chi connectivity index (χ3n) is 3.27. The number of rotatable bonds is 5. The number of nitrogens with one attached hydrogen (secondary N) is 1. The van der Waals surface area contributed by atoms with Gasteiger partial charge in [0.15, 0.2) is 5.78 Å². The van der Waals surface area contributed by atoms with Crippen molar-refractivity contribution in [2.45, 2.75) is 13.3 Å². The molecule has 0 aliphatic heterocycles. The van der Waals surface area contributed by atoms with Gasteiger partial charge in [-0.15, -0.1) is 0 Å². The number of carbonyl (C=O) groups is 2. The molecule has 0 heterocycles. The number of para-hydroxylation sites is 1. The van der Waals surface area contributed by atoms with E-state index < -0.39 is 23.2 Å². The first kappa shape index (κ1) is 16.6. The maximum absolute atomic E-state index is 13.5. The molecule has 0 unspecified atom stereocenters. The lowest BCUT2D eigenvalue weighted by Gasteiger charge is -2.11. The zero-order valence-corrected chi connectivity index (χ0v) is 12.7. The van der Waals surface area contributed by atoms with Crippen molar-refractivity contribution >= 4 is 17.4 Å². The minimum atomic E-state index is -0.859. The van der Waals surface area contributed by atoms with E-state index in [1.54, 1.807) is 12.1 Å². The predicted molar refractivity (Wildman–Crippen MR) is 81.7 cm³/mol. The molecule has 0 bridgehead atoms. The molecule has 0 saturated heterocycles. The third kappa shape index (κ3) is 3.91. The van der Waals surface area contributed by atoms with Crippen LogP contribution in [0.3, 0.4) is 0 Å². The van der Waals surface area contributed by atoms with E-state index in [0.29, 0.717) is 16.9 Å². The maximum Gasteiger partial charge on any atom is 0.229 e. The summed E-state index contributed by atoms with van der Waals surface area (Å²) in [6.45, 7) is 1.40. The van der Waals surface area contributed by atoms with E-state index in [1.165, 1.54) is 26.2 Å². The molecule has 0 aliphatic rings. The van der Waals surface area contributed by atoms with E-state index in [4.69, 9.17) is 4.74 Å². The van der Waals surface area contributed by atoms with Gasteiger partial charge < -0.3 is 10.1 Å². The van der Waals surface area contributed by atoms with Gasteiger partial charge in [0.1, 0.15) is 23.1 Å². The lowest BCUT2D eigenvalue weighted by Crippen LogP contribution is -2.17. The summed E-state index contributed by atoms with van der Waals surface area (Å²) in [7, 11) is 1.43. The summed E-state index contributed by atoms with van der Waals surface area (Å²) in [5.74, 6) is -2.08. The highest BCUT2D eigenvalue weighted by atomic mass is 19.1. The Morgan fingerprint density at radius 2 is 1.78 bits per heavy atom. The number of hydrogen-bond donors (Lipinski definition) is 1. The first-order valence-corrected chi connectivity index (χ1v) is 6.84. The van der Waals surface area contributed by atoms with Crippen LogP contribution in [0.25, 0.3) is 0 Å². The van der Waals surface area contributed by atoms with Crippen LogP contribution in [0.4, 0.5) is 14.5 Å². The molecular formula is C17H15F2NO3. The summed E-state index contributed by atoms with van der Waals surface area (Å²) in [5, 5.41) is 2.20. The van der Waals surface area contributed by atoms with Crippen LogP contribution in [0.2, 0.25) is 0 Å². The number of anilines is 1. The second-order valence-electron chi connectivity index (χ2n) is 4.90. The number of benzene rings is 2. The zero-order chi connectivity index (χ0) is 17.0. The number of carbonyl (C=O) groups excluding carboxylic acids is 2. The largest absolute Gasteiger partial charge is 0.496 e. The lowest BCUT2D eigenvalue weighted by atomic mass is 10.0. The lowest BCUT2D eigenvalue weighted by molar-refractivity contribution is -0.115. The van der Waals surface area contributed by atoms with Crippen molar-refractivity contribution in [1.82, 2.24) is 0 Å². The van der Waals surface area contributed by atoms with Crippen molar-refractivity contribution in [3.63, 3.8) is 0 Å². The van der Waals surface area contributed by atoms with Crippen LogP contribution in [0.1, 0.15) is 22.8 Å². The van der Waals surface area contributed by atoms with Crippen LogP contribution in [0.5, 0.6) is 5.75 Å². The summed E-state index contributed by atoms with van der Waals surface area (Å²) in [6.07, 6.45) is -0.182. The van der Waals surface area contributed by atoms with Gasteiger partial charge in [0.05, 0.1) is 13.5 Å². The smallest absolute Gasteiger partial charge is 0.229 e. The van der Waals surface area contributed by atoms with Crippen molar-refractivity contribution < 1.29 is 23.1 Å². The van der Waals surface area contributed by atoms with Gasteiger partial charge in [-0.1, -0.05) is 6.07 Å². The Morgan fingerprint density at radius 3 is 2.35 bits per heavy atom. The molecule has 0 aliphatic carbocycles. The molecule has 2 aromatic carbocycles. The fourth-order valence-corrected chi connectivity index (χ4v) is 2.11. The molecule has 0 fully saturated rings. The highest BCUT2D eigenvalue weighted by molar-refractivity contribution is 5.96. The monoisotopic (exact) mass is 319 g/mol. The molecule has 6 heteroatoms. The van der Waals surface area contributed by atoms with Crippen LogP contribution in [-0.2, 0) is 11.2 Å². The molecule has 0 atom stereocenters. The van der Waals surface area contributed by atoms with Crippen LogP contribution in [0, 0.1) is 11.6 Å². The number of methoxy groups -OCH3 is 1. The molecular weight excluding hydrogens is 304 g/mol. The quantitative estimate of drug-likeness (QED) is 0.860. The van der Waals surface area contributed by atoms with Gasteiger partial charge in [-0.2, -0.15) is 0 Å². The molecule has 0 radical (unpaired) electrons. The minimum Gasteiger partial charge on any atom is -0.496 e. The van der Waals surface area contributed by atoms with E-state index >= 15 is 0 Å². The molecule has 120 valence electrons. The fourth-order valence-electron chi connectivity index (χ4n) is 2.11. The number of ketones is 1. The van der Waals surface area contributed by atoms with Gasteiger partial charge in [0, 0.05) is 11.1 Å². The van der Waals surface area contributed by atoms with Gasteiger partial charge in [0.2, 0.25) is 5.91 Å². The standard InChI is InChI=1S/C17H15F2NO3/c1-10(21)11-6-7-15(23-2)12(8-11)9-16(22)20-17-13(18)4-3-5-14(17)19/h3-8H,9H2,1-2H3,(H,20,22). The van der Waals surface area contributed by atoms with E-state index in [1.807, 2.05) is 0 Å². The van der Waals surface area contributed by atoms with Gasteiger partial charge in [0.25, 0.3) is 0 Å². The van der Waals surface area contributed by atoms with Crippen molar-refractivity contribution in [2.24, 2.45) is 0 Å². The van der Waals surface area contributed by atoms with Gasteiger partial charge in [-0.3, -0.25) is 9.59 Å². The molecule has 0 aromatic heterocycles. The van der Waals surface area contributed by atoms with Crippen LogP contribution in [-0.4, -0.2) is 18.8 Å². The summed E-state index contributed by atoms with van der Waals surface area (Å²) in [5.41, 5.74) is 0.374. The zero-order valence-electron chi connectivity index (χ0n) is 12.7. The van der Waals surface area contributed by atoms with Crippen molar-refractivity contribution in [3.05, 3.63) is 59.2 Å². The van der Waals surface area contributed by atoms with Crippen LogP contribution >= 0.6 is 0 Å². The Kier molecular flexibility index (Phi) is 5.05. The Labute approximate surface area is 132 Å². The summed E-state index contributed by atoms with van der Waals surface area (Å²) >= 11 is 0. The second kappa shape index (κ2) is 7.00. The average Bonchev–Trinajstić information content (AvgIpc) is 2.51. The number of amides is 1. The number of halogens is 2. The molecule has 1 amide bonds. The van der Waals surface area contributed by atoms with E-state index in [9.17, 15) is 18.4 Å². The first-order valence-electron chi connectivity index (χ1n) is 6.84. The Hall–Kier alpha value is -2.76. The molecule has 0 spiro atoms. The molecule has 2 rings (SSSR count). The summed E-state index contributed by atoms with van der Waals surface area (Å²) in [6, 6.07) is 7.99. The van der Waals surface area contributed by atoms with Crippen molar-refractivity contribution in [2.75, 3.05) is 12.4 Å². The SMILES string of the molecule is COc1ccc(C(C)=O)cc1CC(=O)Nc1c(F)cccc1F. The molecule has 23 heavy (non-hydrogen) atoms. The van der Waals surface area contributed by atoms with Crippen LogP contribution in [0.15, 0.2) is 36.4 Å². The maximum atomic E-state index is 13.5.